The number of rotatable bonds is 3. The first-order chi connectivity index (χ1) is 12.4. The number of hydrogen-bond acceptors (Lipinski definition) is 2. The minimum Gasteiger partial charge on any atom is -0.396 e. The molecule has 25 heavy (non-hydrogen) atoms. The van der Waals surface area contributed by atoms with Crippen LogP contribution in [-0.4, -0.2) is 11.7 Å². The van der Waals surface area contributed by atoms with Crippen molar-refractivity contribution in [3.8, 4) is 0 Å². The summed E-state index contributed by atoms with van der Waals surface area (Å²) >= 11 is 1.87. The standard InChI is InChI=1S/C20H17OS2.C2H6/c21-14-13-15-9-11-16(12-10-15)23-19-7-3-1-5-17(19)22-18-6-2-4-8-20(18)23;1-2/h1-12,21H,13-14H2;1-2H3/q+1;. The number of hydrogen-bond donors (Lipinski definition) is 1. The van der Waals surface area contributed by atoms with Gasteiger partial charge in [-0.1, -0.05) is 62.0 Å². The zero-order chi connectivity index (χ0) is 17.6. The molecule has 0 unspecified atom stereocenters. The van der Waals surface area contributed by atoms with Crippen LogP contribution in [0, 0.1) is 0 Å². The lowest BCUT2D eigenvalue weighted by Gasteiger charge is -2.18. The highest BCUT2D eigenvalue weighted by atomic mass is 32.2. The fourth-order valence-electron chi connectivity index (χ4n) is 2.82. The Labute approximate surface area is 157 Å². The molecule has 0 aromatic heterocycles. The highest BCUT2D eigenvalue weighted by molar-refractivity contribution is 8.04. The Morgan fingerprint density at radius 3 is 1.80 bits per heavy atom. The van der Waals surface area contributed by atoms with E-state index in [1.54, 1.807) is 0 Å². The van der Waals surface area contributed by atoms with Gasteiger partial charge in [-0.2, -0.15) is 0 Å². The van der Waals surface area contributed by atoms with Crippen LogP contribution in [0.15, 0.2) is 97.3 Å². The quantitative estimate of drug-likeness (QED) is 0.461. The van der Waals surface area contributed by atoms with Crippen LogP contribution in [0.2, 0.25) is 0 Å². The van der Waals surface area contributed by atoms with Gasteiger partial charge in [0.2, 0.25) is 0 Å². The van der Waals surface area contributed by atoms with E-state index in [-0.39, 0.29) is 17.5 Å². The molecule has 0 fully saturated rings. The Hall–Kier alpha value is -1.68. The molecule has 128 valence electrons. The molecule has 0 aliphatic carbocycles. The average Bonchev–Trinajstić information content (AvgIpc) is 2.69. The molecule has 1 aliphatic rings. The van der Waals surface area contributed by atoms with E-state index in [0.717, 1.165) is 6.42 Å². The zero-order valence-corrected chi connectivity index (χ0v) is 16.2. The Bertz CT molecular complexity index is 782. The summed E-state index contributed by atoms with van der Waals surface area (Å²) in [4.78, 5) is 6.87. The third-order valence-corrected chi connectivity index (χ3v) is 7.66. The molecule has 1 aliphatic heterocycles. The summed E-state index contributed by atoms with van der Waals surface area (Å²) < 4.78 is 0. The van der Waals surface area contributed by atoms with Crippen LogP contribution < -0.4 is 0 Å². The predicted octanol–water partition coefficient (Wildman–Crippen LogP) is 5.81. The molecule has 3 aromatic carbocycles. The van der Waals surface area contributed by atoms with Crippen molar-refractivity contribution >= 4 is 22.7 Å². The van der Waals surface area contributed by atoms with Crippen LogP contribution in [0.4, 0.5) is 0 Å². The lowest BCUT2D eigenvalue weighted by molar-refractivity contribution is 0.299. The Balaban J connectivity index is 0.000000880. The van der Waals surface area contributed by atoms with Gasteiger partial charge in [0.25, 0.3) is 0 Å². The van der Waals surface area contributed by atoms with Crippen LogP contribution in [0.3, 0.4) is 0 Å². The van der Waals surface area contributed by atoms with Crippen molar-refractivity contribution in [2.24, 2.45) is 0 Å². The van der Waals surface area contributed by atoms with Gasteiger partial charge in [-0.15, -0.1) is 0 Å². The molecule has 1 nitrogen and oxygen atoms in total. The summed E-state index contributed by atoms with van der Waals surface area (Å²) in [5, 5.41) is 9.10. The van der Waals surface area contributed by atoms with Crippen molar-refractivity contribution in [3.63, 3.8) is 0 Å². The van der Waals surface area contributed by atoms with E-state index in [2.05, 4.69) is 72.8 Å². The van der Waals surface area contributed by atoms with Gasteiger partial charge < -0.3 is 5.11 Å². The highest BCUT2D eigenvalue weighted by Gasteiger charge is 2.37. The second-order valence-electron chi connectivity index (χ2n) is 5.42. The maximum Gasteiger partial charge on any atom is 0.180 e. The van der Waals surface area contributed by atoms with E-state index >= 15 is 0 Å². The van der Waals surface area contributed by atoms with Gasteiger partial charge in [0.15, 0.2) is 14.7 Å². The van der Waals surface area contributed by atoms with Gasteiger partial charge in [-0.3, -0.25) is 0 Å². The number of aliphatic hydroxyl groups is 1. The van der Waals surface area contributed by atoms with E-state index in [4.69, 9.17) is 5.11 Å². The van der Waals surface area contributed by atoms with E-state index in [1.807, 2.05) is 25.6 Å². The number of benzene rings is 3. The van der Waals surface area contributed by atoms with Gasteiger partial charge >= 0.3 is 0 Å². The first-order valence-corrected chi connectivity index (χ1v) is 10.7. The second kappa shape index (κ2) is 8.61. The molecule has 0 atom stereocenters. The summed E-state index contributed by atoms with van der Waals surface area (Å²) in [5.74, 6) is 0. The molecule has 0 radical (unpaired) electrons. The van der Waals surface area contributed by atoms with Gasteiger partial charge in [0, 0.05) is 6.61 Å². The maximum absolute atomic E-state index is 9.10. The third kappa shape index (κ3) is 3.79. The molecule has 3 aromatic rings. The molecule has 0 saturated heterocycles. The molecule has 0 bridgehead atoms. The van der Waals surface area contributed by atoms with Gasteiger partial charge in [0.1, 0.15) is 10.9 Å². The minimum absolute atomic E-state index is 0.0535. The topological polar surface area (TPSA) is 20.2 Å². The largest absolute Gasteiger partial charge is 0.396 e. The highest BCUT2D eigenvalue weighted by Crippen LogP contribution is 2.47. The normalized spacial score (nSPS) is 12.6. The van der Waals surface area contributed by atoms with Crippen LogP contribution in [-0.2, 0) is 17.3 Å². The average molecular weight is 368 g/mol. The molecular formula is C22H23OS2+. The Morgan fingerprint density at radius 1 is 0.760 bits per heavy atom. The third-order valence-electron chi connectivity index (χ3n) is 3.92. The molecular weight excluding hydrogens is 344 g/mol. The first-order valence-electron chi connectivity index (χ1n) is 8.67. The second-order valence-corrected chi connectivity index (χ2v) is 8.47. The molecule has 4 rings (SSSR count). The van der Waals surface area contributed by atoms with Crippen molar-refractivity contribution < 1.29 is 5.11 Å². The van der Waals surface area contributed by atoms with Crippen LogP contribution in [0.25, 0.3) is 0 Å². The van der Waals surface area contributed by atoms with Crippen molar-refractivity contribution in [2.45, 2.75) is 44.7 Å². The predicted molar refractivity (Wildman–Crippen MR) is 108 cm³/mol. The summed E-state index contributed by atoms with van der Waals surface area (Å²) in [6.45, 7) is 4.20. The van der Waals surface area contributed by atoms with Crippen LogP contribution in [0.5, 0.6) is 0 Å². The van der Waals surface area contributed by atoms with E-state index in [1.165, 1.54) is 30.0 Å². The zero-order valence-electron chi connectivity index (χ0n) is 14.6. The molecule has 1 heterocycles. The van der Waals surface area contributed by atoms with Crippen molar-refractivity contribution in [3.05, 3.63) is 78.4 Å². The van der Waals surface area contributed by atoms with E-state index in [9.17, 15) is 0 Å². The Kier molecular flexibility index (Phi) is 6.24. The summed E-state index contributed by atoms with van der Waals surface area (Å²) in [6.07, 6.45) is 0.719. The summed E-state index contributed by atoms with van der Waals surface area (Å²) in [5.41, 5.74) is 1.19. The molecule has 3 heteroatoms. The molecule has 0 saturated carbocycles. The lowest BCUT2D eigenvalue weighted by atomic mass is 10.2. The van der Waals surface area contributed by atoms with E-state index < -0.39 is 0 Å². The van der Waals surface area contributed by atoms with Crippen LogP contribution >= 0.6 is 11.8 Å². The number of aliphatic hydroxyl groups excluding tert-OH is 1. The molecule has 0 amide bonds. The minimum atomic E-state index is -0.0535. The molecule has 0 spiro atoms. The van der Waals surface area contributed by atoms with Crippen molar-refractivity contribution in [1.82, 2.24) is 0 Å². The van der Waals surface area contributed by atoms with Gasteiger partial charge in [-0.25, -0.2) is 0 Å². The Morgan fingerprint density at radius 2 is 1.28 bits per heavy atom. The fourth-order valence-corrected chi connectivity index (χ4v) is 6.56. The monoisotopic (exact) mass is 367 g/mol. The SMILES string of the molecule is CC.OCCc1ccc([S+]2c3ccccc3Sc3ccccc32)cc1. The van der Waals surface area contributed by atoms with Gasteiger partial charge in [0.05, 0.1) is 9.79 Å². The van der Waals surface area contributed by atoms with Gasteiger partial charge in [-0.05, 0) is 48.4 Å². The fraction of sp³-hybridized carbons (Fsp3) is 0.182. The number of fused-ring (bicyclic) bond motifs is 2. The first kappa shape index (κ1) is 18.1. The van der Waals surface area contributed by atoms with Crippen LogP contribution in [0.1, 0.15) is 19.4 Å². The lowest BCUT2D eigenvalue weighted by Crippen LogP contribution is -2.10. The summed E-state index contributed by atoms with van der Waals surface area (Å²) in [7, 11) is -0.0535. The maximum atomic E-state index is 9.10. The smallest absolute Gasteiger partial charge is 0.180 e. The molecule has 1 N–H and O–H groups in total. The van der Waals surface area contributed by atoms with E-state index in [0.29, 0.717) is 0 Å². The van der Waals surface area contributed by atoms with Crippen molar-refractivity contribution in [2.75, 3.05) is 6.61 Å². The van der Waals surface area contributed by atoms with Crippen molar-refractivity contribution in [1.29, 1.82) is 0 Å². The summed E-state index contributed by atoms with van der Waals surface area (Å²) in [6, 6.07) is 26.2.